The lowest BCUT2D eigenvalue weighted by Crippen LogP contribution is -2.06. The minimum atomic E-state index is 0.498. The van der Waals surface area contributed by atoms with Crippen molar-refractivity contribution in [2.75, 3.05) is 5.88 Å². The molecule has 12 heavy (non-hydrogen) atoms. The molecule has 1 aromatic rings. The van der Waals surface area contributed by atoms with Gasteiger partial charge in [0.2, 0.25) is 0 Å². The van der Waals surface area contributed by atoms with Gasteiger partial charge in [0.05, 0.1) is 16.4 Å². The van der Waals surface area contributed by atoms with Crippen LogP contribution in [0.5, 0.6) is 0 Å². The molecule has 68 valence electrons. The summed E-state index contributed by atoms with van der Waals surface area (Å²) in [6, 6.07) is 0. The number of rotatable bonds is 3. The van der Waals surface area contributed by atoms with Crippen LogP contribution in [0, 0.1) is 5.92 Å². The number of alkyl halides is 1. The molecule has 1 unspecified atom stereocenters. The van der Waals surface area contributed by atoms with E-state index in [1.807, 2.05) is 17.9 Å². The van der Waals surface area contributed by atoms with Crippen LogP contribution < -0.4 is 0 Å². The van der Waals surface area contributed by atoms with Crippen LogP contribution in [0.4, 0.5) is 0 Å². The molecular formula is C8H12BrClN2. The Morgan fingerprint density at radius 2 is 2.42 bits per heavy atom. The molecule has 0 N–H and O–H groups in total. The van der Waals surface area contributed by atoms with E-state index in [-0.39, 0.29) is 0 Å². The second-order valence-electron chi connectivity index (χ2n) is 3.03. The second-order valence-corrected chi connectivity index (χ2v) is 4.19. The van der Waals surface area contributed by atoms with Gasteiger partial charge in [-0.05, 0) is 28.3 Å². The SMILES string of the molecule is CC(CCl)Cc1c(Br)cnn1C. The van der Waals surface area contributed by atoms with Crippen LogP contribution in [0.15, 0.2) is 10.7 Å². The predicted octanol–water partition coefficient (Wildman–Crippen LogP) is 2.60. The van der Waals surface area contributed by atoms with Crippen LogP contribution in [-0.4, -0.2) is 15.7 Å². The average molecular weight is 252 g/mol. The van der Waals surface area contributed by atoms with Crippen molar-refractivity contribution in [2.24, 2.45) is 13.0 Å². The molecular weight excluding hydrogens is 239 g/mol. The fraction of sp³-hybridized carbons (Fsp3) is 0.625. The molecule has 0 aliphatic heterocycles. The van der Waals surface area contributed by atoms with Gasteiger partial charge in [0.25, 0.3) is 0 Å². The maximum Gasteiger partial charge on any atom is 0.0635 e. The van der Waals surface area contributed by atoms with Gasteiger partial charge in [-0.25, -0.2) is 0 Å². The van der Waals surface area contributed by atoms with E-state index >= 15 is 0 Å². The minimum Gasteiger partial charge on any atom is -0.271 e. The van der Waals surface area contributed by atoms with Gasteiger partial charge in [-0.1, -0.05) is 6.92 Å². The summed E-state index contributed by atoms with van der Waals surface area (Å²) in [6.07, 6.45) is 2.79. The van der Waals surface area contributed by atoms with E-state index in [0.717, 1.165) is 10.9 Å². The van der Waals surface area contributed by atoms with E-state index < -0.39 is 0 Å². The van der Waals surface area contributed by atoms with E-state index in [2.05, 4.69) is 28.0 Å². The Balaban J connectivity index is 2.73. The van der Waals surface area contributed by atoms with E-state index in [0.29, 0.717) is 11.8 Å². The fourth-order valence-electron chi connectivity index (χ4n) is 1.05. The largest absolute Gasteiger partial charge is 0.271 e. The van der Waals surface area contributed by atoms with E-state index in [1.165, 1.54) is 5.69 Å². The lowest BCUT2D eigenvalue weighted by molar-refractivity contribution is 0.599. The zero-order chi connectivity index (χ0) is 9.14. The zero-order valence-electron chi connectivity index (χ0n) is 7.22. The molecule has 1 rings (SSSR count). The molecule has 0 saturated carbocycles. The Labute approximate surface area is 86.0 Å². The maximum atomic E-state index is 5.73. The molecule has 0 spiro atoms. The van der Waals surface area contributed by atoms with E-state index in [4.69, 9.17) is 11.6 Å². The smallest absolute Gasteiger partial charge is 0.0635 e. The van der Waals surface area contributed by atoms with E-state index in [1.54, 1.807) is 0 Å². The first kappa shape index (κ1) is 10.1. The molecule has 1 aromatic heterocycles. The number of nitrogens with zero attached hydrogens (tertiary/aromatic N) is 2. The number of aromatic nitrogens is 2. The Hall–Kier alpha value is -0.0200. The monoisotopic (exact) mass is 250 g/mol. The van der Waals surface area contributed by atoms with Gasteiger partial charge in [0, 0.05) is 12.9 Å². The van der Waals surface area contributed by atoms with Crippen LogP contribution in [-0.2, 0) is 13.5 Å². The summed E-state index contributed by atoms with van der Waals surface area (Å²) in [5.41, 5.74) is 1.21. The molecule has 0 bridgehead atoms. The summed E-state index contributed by atoms with van der Waals surface area (Å²) in [5, 5.41) is 4.13. The number of hydrogen-bond donors (Lipinski definition) is 0. The van der Waals surface area contributed by atoms with Crippen molar-refractivity contribution in [2.45, 2.75) is 13.3 Å². The highest BCUT2D eigenvalue weighted by Crippen LogP contribution is 2.18. The molecule has 1 atom stereocenters. The van der Waals surface area contributed by atoms with Gasteiger partial charge in [-0.2, -0.15) is 5.10 Å². The van der Waals surface area contributed by atoms with Gasteiger partial charge in [0.15, 0.2) is 0 Å². The van der Waals surface area contributed by atoms with Crippen molar-refractivity contribution in [3.63, 3.8) is 0 Å². The van der Waals surface area contributed by atoms with Crippen molar-refractivity contribution in [1.82, 2.24) is 9.78 Å². The van der Waals surface area contributed by atoms with Gasteiger partial charge < -0.3 is 0 Å². The van der Waals surface area contributed by atoms with Crippen LogP contribution in [0.2, 0.25) is 0 Å². The molecule has 2 nitrogen and oxygen atoms in total. The molecule has 0 aliphatic carbocycles. The Morgan fingerprint density at radius 1 is 1.75 bits per heavy atom. The molecule has 4 heteroatoms. The third-order valence-electron chi connectivity index (χ3n) is 1.82. The van der Waals surface area contributed by atoms with Crippen LogP contribution in [0.3, 0.4) is 0 Å². The summed E-state index contributed by atoms with van der Waals surface area (Å²) < 4.78 is 2.95. The van der Waals surface area contributed by atoms with Crippen molar-refractivity contribution in [1.29, 1.82) is 0 Å². The quantitative estimate of drug-likeness (QED) is 0.755. The first-order valence-electron chi connectivity index (χ1n) is 3.87. The summed E-state index contributed by atoms with van der Waals surface area (Å²) >= 11 is 9.18. The number of halogens is 2. The highest BCUT2D eigenvalue weighted by atomic mass is 79.9. The molecule has 0 aliphatic rings. The normalized spacial score (nSPS) is 13.3. The third kappa shape index (κ3) is 2.23. The average Bonchev–Trinajstić information content (AvgIpc) is 2.35. The van der Waals surface area contributed by atoms with Gasteiger partial charge in [-0.3, -0.25) is 4.68 Å². The van der Waals surface area contributed by atoms with Crippen molar-refractivity contribution >= 4 is 27.5 Å². The van der Waals surface area contributed by atoms with Crippen molar-refractivity contribution < 1.29 is 0 Å². The lowest BCUT2D eigenvalue weighted by Gasteiger charge is -2.07. The summed E-state index contributed by atoms with van der Waals surface area (Å²) in [7, 11) is 1.95. The van der Waals surface area contributed by atoms with Crippen LogP contribution in [0.25, 0.3) is 0 Å². The number of hydrogen-bond acceptors (Lipinski definition) is 1. The minimum absolute atomic E-state index is 0.498. The topological polar surface area (TPSA) is 17.8 Å². The summed E-state index contributed by atoms with van der Waals surface area (Å²) in [5.74, 6) is 1.19. The first-order chi connectivity index (χ1) is 5.65. The second kappa shape index (κ2) is 4.28. The fourth-order valence-corrected chi connectivity index (χ4v) is 1.67. The number of aryl methyl sites for hydroxylation is 1. The predicted molar refractivity (Wildman–Crippen MR) is 54.5 cm³/mol. The molecule has 1 heterocycles. The lowest BCUT2D eigenvalue weighted by atomic mass is 10.1. The van der Waals surface area contributed by atoms with Gasteiger partial charge in [-0.15, -0.1) is 11.6 Å². The third-order valence-corrected chi connectivity index (χ3v) is 3.01. The maximum absolute atomic E-state index is 5.73. The van der Waals surface area contributed by atoms with Crippen molar-refractivity contribution in [3.8, 4) is 0 Å². The Morgan fingerprint density at radius 3 is 2.83 bits per heavy atom. The molecule has 0 amide bonds. The van der Waals surface area contributed by atoms with E-state index in [9.17, 15) is 0 Å². The van der Waals surface area contributed by atoms with Crippen molar-refractivity contribution in [3.05, 3.63) is 16.4 Å². The van der Waals surface area contributed by atoms with Crippen LogP contribution >= 0.6 is 27.5 Å². The molecule has 0 aromatic carbocycles. The molecule has 0 fully saturated rings. The molecule has 0 radical (unpaired) electrons. The highest BCUT2D eigenvalue weighted by Gasteiger charge is 2.09. The Kier molecular flexibility index (Phi) is 3.59. The Bertz CT molecular complexity index is 240. The highest BCUT2D eigenvalue weighted by molar-refractivity contribution is 9.10. The van der Waals surface area contributed by atoms with Gasteiger partial charge in [0.1, 0.15) is 0 Å². The molecule has 0 saturated heterocycles. The zero-order valence-corrected chi connectivity index (χ0v) is 9.56. The summed E-state index contributed by atoms with van der Waals surface area (Å²) in [4.78, 5) is 0. The van der Waals surface area contributed by atoms with Crippen LogP contribution in [0.1, 0.15) is 12.6 Å². The standard InChI is InChI=1S/C8H12BrClN2/c1-6(4-10)3-8-7(9)5-11-12(8)2/h5-6H,3-4H2,1-2H3. The van der Waals surface area contributed by atoms with Gasteiger partial charge >= 0.3 is 0 Å². The summed E-state index contributed by atoms with van der Waals surface area (Å²) in [6.45, 7) is 2.13. The first-order valence-corrected chi connectivity index (χ1v) is 5.20.